The molecule has 1 aromatic carbocycles. The van der Waals surface area contributed by atoms with Crippen molar-refractivity contribution in [3.63, 3.8) is 0 Å². The molecular weight excluding hydrogens is 303 g/mol. The molecule has 1 N–H and O–H groups in total. The van der Waals surface area contributed by atoms with E-state index in [1.807, 2.05) is 0 Å². The number of hydrogen-bond donors (Lipinski definition) is 1. The largest absolute Gasteiger partial charge is 0.378 e. The molecule has 0 unspecified atom stereocenters. The van der Waals surface area contributed by atoms with Gasteiger partial charge in [-0.05, 0) is 18.2 Å². The number of rotatable bonds is 3. The van der Waals surface area contributed by atoms with Gasteiger partial charge in [-0.2, -0.15) is 0 Å². The topological polar surface area (TPSA) is 58.6 Å². The molecule has 1 heterocycles. The number of halogens is 2. The smallest absolute Gasteiger partial charge is 0.233 e. The molecule has 0 aromatic heterocycles. The van der Waals surface area contributed by atoms with Gasteiger partial charge in [-0.25, -0.2) is 0 Å². The van der Waals surface area contributed by atoms with Gasteiger partial charge in [0.05, 0.1) is 23.3 Å². The fourth-order valence-corrected chi connectivity index (χ4v) is 2.14. The molecule has 0 aliphatic carbocycles. The quantitative estimate of drug-likeness (QED) is 0.869. The Bertz CT molecular complexity index is 516. The molecular formula is C13H14Cl2N2O3. The summed E-state index contributed by atoms with van der Waals surface area (Å²) in [6, 6.07) is 4.76. The monoisotopic (exact) mass is 316 g/mol. The Morgan fingerprint density at radius 3 is 2.55 bits per heavy atom. The van der Waals surface area contributed by atoms with Crippen molar-refractivity contribution >= 4 is 40.7 Å². The Kier molecular flexibility index (Phi) is 5.23. The number of nitrogens with zero attached hydrogens (tertiary/aromatic N) is 1. The van der Waals surface area contributed by atoms with Gasteiger partial charge >= 0.3 is 0 Å². The average molecular weight is 317 g/mol. The molecule has 108 valence electrons. The van der Waals surface area contributed by atoms with Crippen LogP contribution in [0.5, 0.6) is 0 Å². The third-order valence-corrected chi connectivity index (χ3v) is 3.62. The maximum atomic E-state index is 11.9. The van der Waals surface area contributed by atoms with Crippen molar-refractivity contribution in [3.8, 4) is 0 Å². The Labute approximate surface area is 126 Å². The summed E-state index contributed by atoms with van der Waals surface area (Å²) in [6.07, 6.45) is -0.194. The molecule has 0 spiro atoms. The molecule has 2 rings (SSSR count). The maximum absolute atomic E-state index is 11.9. The number of ether oxygens (including phenoxy) is 1. The van der Waals surface area contributed by atoms with Crippen molar-refractivity contribution in [3.05, 3.63) is 28.2 Å². The Morgan fingerprint density at radius 2 is 1.90 bits per heavy atom. The fourth-order valence-electron chi connectivity index (χ4n) is 1.84. The van der Waals surface area contributed by atoms with E-state index in [-0.39, 0.29) is 18.2 Å². The minimum absolute atomic E-state index is 0.194. The first-order valence-corrected chi connectivity index (χ1v) is 6.92. The zero-order chi connectivity index (χ0) is 14.5. The standard InChI is InChI=1S/C13H14Cl2N2O3/c14-10-2-1-9(7-11(10)15)16-12(18)8-13(19)17-3-5-20-6-4-17/h1-2,7H,3-6,8H2,(H,16,18). The number of carbonyl (C=O) groups is 2. The first-order chi connectivity index (χ1) is 9.56. The van der Waals surface area contributed by atoms with Gasteiger partial charge in [0.25, 0.3) is 0 Å². The van der Waals surface area contributed by atoms with Crippen LogP contribution in [0.15, 0.2) is 18.2 Å². The predicted molar refractivity (Wildman–Crippen MR) is 77.1 cm³/mol. The predicted octanol–water partition coefficient (Wildman–Crippen LogP) is 2.18. The van der Waals surface area contributed by atoms with Crippen LogP contribution in [0.3, 0.4) is 0 Å². The molecule has 5 nitrogen and oxygen atoms in total. The lowest BCUT2D eigenvalue weighted by atomic mass is 10.2. The molecule has 1 fully saturated rings. The van der Waals surface area contributed by atoms with Crippen LogP contribution < -0.4 is 5.32 Å². The van der Waals surface area contributed by atoms with Crippen LogP contribution in [-0.2, 0) is 14.3 Å². The summed E-state index contributed by atoms with van der Waals surface area (Å²) in [5, 5.41) is 3.38. The van der Waals surface area contributed by atoms with Crippen molar-refractivity contribution in [2.75, 3.05) is 31.6 Å². The zero-order valence-corrected chi connectivity index (χ0v) is 12.2. The number of amides is 2. The van der Waals surface area contributed by atoms with Crippen LogP contribution in [0, 0.1) is 0 Å². The maximum Gasteiger partial charge on any atom is 0.233 e. The van der Waals surface area contributed by atoms with Crippen molar-refractivity contribution in [2.45, 2.75) is 6.42 Å². The van der Waals surface area contributed by atoms with E-state index < -0.39 is 0 Å². The third kappa shape index (κ3) is 4.10. The summed E-state index contributed by atoms with van der Waals surface area (Å²) in [4.78, 5) is 25.3. The van der Waals surface area contributed by atoms with Crippen LogP contribution in [-0.4, -0.2) is 43.0 Å². The molecule has 7 heteroatoms. The lowest BCUT2D eigenvalue weighted by Gasteiger charge is -2.26. The highest BCUT2D eigenvalue weighted by Gasteiger charge is 2.19. The van der Waals surface area contributed by atoms with Crippen molar-refractivity contribution in [1.29, 1.82) is 0 Å². The number of morpholine rings is 1. The van der Waals surface area contributed by atoms with E-state index in [4.69, 9.17) is 27.9 Å². The lowest BCUT2D eigenvalue weighted by molar-refractivity contribution is -0.138. The molecule has 0 bridgehead atoms. The van der Waals surface area contributed by atoms with Gasteiger partial charge in [0.2, 0.25) is 11.8 Å². The summed E-state index contributed by atoms with van der Waals surface area (Å²) in [6.45, 7) is 2.08. The number of nitrogens with one attached hydrogen (secondary N) is 1. The number of hydrogen-bond acceptors (Lipinski definition) is 3. The van der Waals surface area contributed by atoms with Crippen LogP contribution in [0.2, 0.25) is 10.0 Å². The summed E-state index contributed by atoms with van der Waals surface area (Å²) in [5.74, 6) is -0.578. The average Bonchev–Trinajstić information content (AvgIpc) is 2.44. The van der Waals surface area contributed by atoms with Gasteiger partial charge in [0.1, 0.15) is 6.42 Å². The van der Waals surface area contributed by atoms with E-state index in [2.05, 4.69) is 5.32 Å². The van der Waals surface area contributed by atoms with Crippen LogP contribution in [0.1, 0.15) is 6.42 Å². The van der Waals surface area contributed by atoms with E-state index in [9.17, 15) is 9.59 Å². The van der Waals surface area contributed by atoms with E-state index in [0.717, 1.165) is 0 Å². The van der Waals surface area contributed by atoms with Gasteiger partial charge in [-0.3, -0.25) is 9.59 Å². The first kappa shape index (κ1) is 15.1. The van der Waals surface area contributed by atoms with Crippen molar-refractivity contribution < 1.29 is 14.3 Å². The summed E-state index contributed by atoms with van der Waals surface area (Å²) < 4.78 is 5.15. The molecule has 1 aromatic rings. The number of benzene rings is 1. The Balaban J connectivity index is 1.88. The number of carbonyl (C=O) groups excluding carboxylic acids is 2. The van der Waals surface area contributed by atoms with Gasteiger partial charge in [-0.15, -0.1) is 0 Å². The Hall–Kier alpha value is -1.30. The number of anilines is 1. The molecule has 20 heavy (non-hydrogen) atoms. The molecule has 0 radical (unpaired) electrons. The molecule has 0 saturated carbocycles. The summed E-state index contributed by atoms with van der Waals surface area (Å²) in [5.41, 5.74) is 0.513. The molecule has 2 amide bonds. The minimum Gasteiger partial charge on any atom is -0.378 e. The van der Waals surface area contributed by atoms with Gasteiger partial charge in [-0.1, -0.05) is 23.2 Å². The van der Waals surface area contributed by atoms with Crippen molar-refractivity contribution in [2.24, 2.45) is 0 Å². The highest BCUT2D eigenvalue weighted by molar-refractivity contribution is 6.42. The van der Waals surface area contributed by atoms with Crippen LogP contribution in [0.4, 0.5) is 5.69 Å². The second-order valence-electron chi connectivity index (χ2n) is 4.35. The Morgan fingerprint density at radius 1 is 1.20 bits per heavy atom. The second-order valence-corrected chi connectivity index (χ2v) is 5.16. The summed E-state index contributed by atoms with van der Waals surface area (Å²) >= 11 is 11.6. The van der Waals surface area contributed by atoms with Crippen LogP contribution >= 0.6 is 23.2 Å². The fraction of sp³-hybridized carbons (Fsp3) is 0.385. The second kappa shape index (κ2) is 6.92. The van der Waals surface area contributed by atoms with E-state index in [1.165, 1.54) is 0 Å². The van der Waals surface area contributed by atoms with Gasteiger partial charge in [0, 0.05) is 18.8 Å². The van der Waals surface area contributed by atoms with Crippen LogP contribution in [0.25, 0.3) is 0 Å². The highest BCUT2D eigenvalue weighted by atomic mass is 35.5. The zero-order valence-electron chi connectivity index (χ0n) is 10.7. The van der Waals surface area contributed by atoms with E-state index in [1.54, 1.807) is 23.1 Å². The lowest BCUT2D eigenvalue weighted by Crippen LogP contribution is -2.41. The molecule has 1 saturated heterocycles. The summed E-state index contributed by atoms with van der Waals surface area (Å²) in [7, 11) is 0. The van der Waals surface area contributed by atoms with Gasteiger partial charge in [0.15, 0.2) is 0 Å². The SMILES string of the molecule is O=C(CC(=O)N1CCOCC1)Nc1ccc(Cl)c(Cl)c1. The minimum atomic E-state index is -0.375. The normalized spacial score (nSPS) is 15.0. The molecule has 1 aliphatic rings. The van der Waals surface area contributed by atoms with E-state index in [0.29, 0.717) is 42.0 Å². The first-order valence-electron chi connectivity index (χ1n) is 6.16. The molecule has 0 atom stereocenters. The van der Waals surface area contributed by atoms with Crippen molar-refractivity contribution in [1.82, 2.24) is 4.90 Å². The van der Waals surface area contributed by atoms with Gasteiger partial charge < -0.3 is 15.0 Å². The molecule has 1 aliphatic heterocycles. The highest BCUT2D eigenvalue weighted by Crippen LogP contribution is 2.25. The van der Waals surface area contributed by atoms with E-state index >= 15 is 0 Å². The third-order valence-electron chi connectivity index (χ3n) is 2.88.